The Morgan fingerprint density at radius 2 is 2.20 bits per heavy atom. The van der Waals surface area contributed by atoms with Crippen LogP contribution in [0.4, 0.5) is 17.1 Å². The molecule has 1 aromatic carbocycles. The van der Waals surface area contributed by atoms with Crippen LogP contribution in [0.25, 0.3) is 0 Å². The van der Waals surface area contributed by atoms with Crippen molar-refractivity contribution in [3.63, 3.8) is 0 Å². The van der Waals surface area contributed by atoms with Crippen molar-refractivity contribution in [1.29, 1.82) is 0 Å². The number of rotatable bonds is 3. The molecule has 104 valence electrons. The number of hydrogen-bond acceptors (Lipinski definition) is 4. The Bertz CT molecular complexity index is 625. The normalized spacial score (nSPS) is 13.3. The smallest absolute Gasteiger partial charge is 0.160 e. The molecule has 1 aliphatic rings. The molecular formula is C16H19N3O. The lowest BCUT2D eigenvalue weighted by Gasteiger charge is -2.19. The zero-order valence-electron chi connectivity index (χ0n) is 11.9. The largest absolute Gasteiger partial charge is 0.493 e. The first kappa shape index (κ1) is 12.8. The Labute approximate surface area is 119 Å². The number of fused-ring (bicyclic) bond motifs is 1. The predicted molar refractivity (Wildman–Crippen MR) is 82.1 cm³/mol. The zero-order valence-corrected chi connectivity index (χ0v) is 11.9. The number of nitrogens with zero attached hydrogens (tertiary/aromatic N) is 1. The summed E-state index contributed by atoms with van der Waals surface area (Å²) in [6.07, 6.45) is 4.07. The summed E-state index contributed by atoms with van der Waals surface area (Å²) < 4.78 is 5.35. The Morgan fingerprint density at radius 3 is 3.05 bits per heavy atom. The molecule has 1 aliphatic heterocycles. The van der Waals surface area contributed by atoms with E-state index in [-0.39, 0.29) is 0 Å². The molecule has 0 radical (unpaired) electrons. The summed E-state index contributed by atoms with van der Waals surface area (Å²) in [5.74, 6) is 0.756. The summed E-state index contributed by atoms with van der Waals surface area (Å²) in [4.78, 5) is 4.25. The maximum Gasteiger partial charge on any atom is 0.160 e. The molecule has 0 bridgehead atoms. The highest BCUT2D eigenvalue weighted by Crippen LogP contribution is 2.30. The number of anilines is 3. The predicted octanol–water partition coefficient (Wildman–Crippen LogP) is 3.50. The minimum Gasteiger partial charge on any atom is -0.493 e. The SMILES string of the molecule is COc1cnc(C)cc1Nc1ccc2c(c1)CCCN2. The number of aromatic nitrogens is 1. The molecule has 0 fully saturated rings. The summed E-state index contributed by atoms with van der Waals surface area (Å²) in [5.41, 5.74) is 5.61. The third kappa shape index (κ3) is 2.54. The van der Waals surface area contributed by atoms with Crippen molar-refractivity contribution in [3.8, 4) is 5.75 Å². The van der Waals surface area contributed by atoms with Crippen molar-refractivity contribution in [2.45, 2.75) is 19.8 Å². The van der Waals surface area contributed by atoms with E-state index < -0.39 is 0 Å². The van der Waals surface area contributed by atoms with E-state index in [1.54, 1.807) is 13.3 Å². The number of benzene rings is 1. The quantitative estimate of drug-likeness (QED) is 0.895. The van der Waals surface area contributed by atoms with Crippen LogP contribution in [0.15, 0.2) is 30.5 Å². The molecular weight excluding hydrogens is 250 g/mol. The second-order valence-electron chi connectivity index (χ2n) is 5.05. The molecule has 0 saturated carbocycles. The van der Waals surface area contributed by atoms with Crippen molar-refractivity contribution < 1.29 is 4.74 Å². The number of pyridine rings is 1. The molecule has 4 nitrogen and oxygen atoms in total. The van der Waals surface area contributed by atoms with Crippen LogP contribution in [-0.2, 0) is 6.42 Å². The maximum absolute atomic E-state index is 5.35. The van der Waals surface area contributed by atoms with Gasteiger partial charge in [-0.2, -0.15) is 0 Å². The second kappa shape index (κ2) is 5.41. The van der Waals surface area contributed by atoms with Gasteiger partial charge in [-0.15, -0.1) is 0 Å². The Hall–Kier alpha value is -2.23. The van der Waals surface area contributed by atoms with Crippen LogP contribution < -0.4 is 15.4 Å². The fourth-order valence-electron chi connectivity index (χ4n) is 2.52. The highest BCUT2D eigenvalue weighted by atomic mass is 16.5. The Morgan fingerprint density at radius 1 is 1.30 bits per heavy atom. The summed E-state index contributed by atoms with van der Waals surface area (Å²) in [5, 5.41) is 6.84. The van der Waals surface area contributed by atoms with E-state index >= 15 is 0 Å². The number of aryl methyl sites for hydroxylation is 2. The van der Waals surface area contributed by atoms with Crippen molar-refractivity contribution >= 4 is 17.1 Å². The van der Waals surface area contributed by atoms with E-state index in [0.717, 1.165) is 35.8 Å². The van der Waals surface area contributed by atoms with Crippen LogP contribution in [0.2, 0.25) is 0 Å². The van der Waals surface area contributed by atoms with Crippen molar-refractivity contribution in [1.82, 2.24) is 4.98 Å². The first-order chi connectivity index (χ1) is 9.76. The van der Waals surface area contributed by atoms with Gasteiger partial charge in [0.1, 0.15) is 0 Å². The van der Waals surface area contributed by atoms with Gasteiger partial charge >= 0.3 is 0 Å². The van der Waals surface area contributed by atoms with Gasteiger partial charge in [0.15, 0.2) is 5.75 Å². The standard InChI is InChI=1S/C16H19N3O/c1-11-8-15(16(20-2)10-18-11)19-13-5-6-14-12(9-13)4-3-7-17-14/h5-6,8-10,17H,3-4,7H2,1-2H3,(H,18,19). The van der Waals surface area contributed by atoms with Gasteiger partial charge in [-0.3, -0.25) is 4.98 Å². The van der Waals surface area contributed by atoms with Crippen molar-refractivity contribution in [3.05, 3.63) is 41.7 Å². The molecule has 0 aliphatic carbocycles. The molecule has 2 N–H and O–H groups in total. The van der Waals surface area contributed by atoms with Crippen LogP contribution in [0, 0.1) is 6.92 Å². The molecule has 0 saturated heterocycles. The van der Waals surface area contributed by atoms with Gasteiger partial charge in [0.05, 0.1) is 19.0 Å². The molecule has 0 spiro atoms. The van der Waals surface area contributed by atoms with Crippen LogP contribution in [-0.4, -0.2) is 18.6 Å². The average Bonchev–Trinajstić information content (AvgIpc) is 2.47. The lowest BCUT2D eigenvalue weighted by Crippen LogP contribution is -2.11. The summed E-state index contributed by atoms with van der Waals surface area (Å²) in [6, 6.07) is 8.43. The number of nitrogens with one attached hydrogen (secondary N) is 2. The Kier molecular flexibility index (Phi) is 3.46. The van der Waals surface area contributed by atoms with E-state index in [1.807, 2.05) is 13.0 Å². The van der Waals surface area contributed by atoms with E-state index in [2.05, 4.69) is 33.8 Å². The van der Waals surface area contributed by atoms with E-state index in [0.29, 0.717) is 0 Å². The minimum atomic E-state index is 0.756. The lowest BCUT2D eigenvalue weighted by atomic mass is 10.0. The van der Waals surface area contributed by atoms with Gasteiger partial charge in [0.2, 0.25) is 0 Å². The van der Waals surface area contributed by atoms with E-state index in [4.69, 9.17) is 4.74 Å². The van der Waals surface area contributed by atoms with Gasteiger partial charge in [0.25, 0.3) is 0 Å². The average molecular weight is 269 g/mol. The minimum absolute atomic E-state index is 0.756. The molecule has 20 heavy (non-hydrogen) atoms. The Balaban J connectivity index is 1.89. The monoisotopic (exact) mass is 269 g/mol. The molecule has 0 unspecified atom stereocenters. The zero-order chi connectivity index (χ0) is 13.9. The summed E-state index contributed by atoms with van der Waals surface area (Å²) in [7, 11) is 1.66. The van der Waals surface area contributed by atoms with Crippen LogP contribution in [0.1, 0.15) is 17.7 Å². The van der Waals surface area contributed by atoms with Gasteiger partial charge < -0.3 is 15.4 Å². The highest BCUT2D eigenvalue weighted by Gasteiger charge is 2.10. The molecule has 4 heteroatoms. The van der Waals surface area contributed by atoms with Crippen LogP contribution >= 0.6 is 0 Å². The number of ether oxygens (including phenoxy) is 1. The van der Waals surface area contributed by atoms with Gasteiger partial charge in [0, 0.05) is 23.6 Å². The van der Waals surface area contributed by atoms with Crippen LogP contribution in [0.5, 0.6) is 5.75 Å². The van der Waals surface area contributed by atoms with Gasteiger partial charge in [-0.25, -0.2) is 0 Å². The van der Waals surface area contributed by atoms with Crippen molar-refractivity contribution in [2.24, 2.45) is 0 Å². The van der Waals surface area contributed by atoms with Gasteiger partial charge in [-0.1, -0.05) is 0 Å². The number of methoxy groups -OCH3 is 1. The molecule has 1 aromatic heterocycles. The molecule has 0 amide bonds. The molecule has 2 heterocycles. The lowest BCUT2D eigenvalue weighted by molar-refractivity contribution is 0.415. The van der Waals surface area contributed by atoms with Gasteiger partial charge in [-0.05, 0) is 49.6 Å². The van der Waals surface area contributed by atoms with Crippen LogP contribution in [0.3, 0.4) is 0 Å². The topological polar surface area (TPSA) is 46.2 Å². The maximum atomic E-state index is 5.35. The third-order valence-electron chi connectivity index (χ3n) is 3.55. The first-order valence-electron chi connectivity index (χ1n) is 6.91. The second-order valence-corrected chi connectivity index (χ2v) is 5.05. The van der Waals surface area contributed by atoms with Crippen molar-refractivity contribution in [2.75, 3.05) is 24.3 Å². The third-order valence-corrected chi connectivity index (χ3v) is 3.55. The number of hydrogen-bond donors (Lipinski definition) is 2. The van der Waals surface area contributed by atoms with E-state index in [1.165, 1.54) is 17.7 Å². The fourth-order valence-corrected chi connectivity index (χ4v) is 2.52. The molecule has 2 aromatic rings. The highest BCUT2D eigenvalue weighted by molar-refractivity contribution is 5.69. The van der Waals surface area contributed by atoms with E-state index in [9.17, 15) is 0 Å². The molecule has 3 rings (SSSR count). The summed E-state index contributed by atoms with van der Waals surface area (Å²) >= 11 is 0. The fraction of sp³-hybridized carbons (Fsp3) is 0.312. The first-order valence-corrected chi connectivity index (χ1v) is 6.91. The summed E-state index contributed by atoms with van der Waals surface area (Å²) in [6.45, 7) is 3.04. The molecule has 0 atom stereocenters.